The van der Waals surface area contributed by atoms with E-state index in [1.165, 1.54) is 0 Å². The van der Waals surface area contributed by atoms with Crippen molar-refractivity contribution in [3.63, 3.8) is 0 Å². The lowest BCUT2D eigenvalue weighted by Crippen LogP contribution is -2.48. The predicted octanol–water partition coefficient (Wildman–Crippen LogP) is 0.374. The molecule has 1 aliphatic rings. The number of hydrogen-bond acceptors (Lipinski definition) is 5. The van der Waals surface area contributed by atoms with Gasteiger partial charge in [0.1, 0.15) is 11.5 Å². The molecule has 4 heterocycles. The van der Waals surface area contributed by atoms with Crippen LogP contribution in [0.5, 0.6) is 0 Å². The van der Waals surface area contributed by atoms with Crippen LogP contribution in [0.3, 0.4) is 0 Å². The highest BCUT2D eigenvalue weighted by atomic mass is 16.2. The molecule has 0 aromatic carbocycles. The summed E-state index contributed by atoms with van der Waals surface area (Å²) >= 11 is 0. The molecule has 0 atom stereocenters. The first-order valence-corrected chi connectivity index (χ1v) is 7.48. The van der Waals surface area contributed by atoms with Crippen molar-refractivity contribution in [2.75, 3.05) is 24.5 Å². The zero-order chi connectivity index (χ0) is 16.0. The predicted molar refractivity (Wildman–Crippen MR) is 85.1 cm³/mol. The van der Waals surface area contributed by atoms with E-state index in [4.69, 9.17) is 0 Å². The molecule has 4 rings (SSSR count). The number of carbonyl (C=O) groups excluding carboxylic acids is 1. The van der Waals surface area contributed by atoms with E-state index in [-0.39, 0.29) is 5.91 Å². The second-order valence-corrected chi connectivity index (χ2v) is 5.69. The van der Waals surface area contributed by atoms with Crippen LogP contribution >= 0.6 is 0 Å². The Hall–Kier alpha value is -2.90. The van der Waals surface area contributed by atoms with Crippen molar-refractivity contribution in [2.24, 2.45) is 7.05 Å². The maximum atomic E-state index is 11.7. The van der Waals surface area contributed by atoms with Crippen LogP contribution in [-0.2, 0) is 11.8 Å². The summed E-state index contributed by atoms with van der Waals surface area (Å²) in [6, 6.07) is 3.88. The van der Waals surface area contributed by atoms with Gasteiger partial charge in [-0.05, 0) is 6.92 Å². The van der Waals surface area contributed by atoms with Gasteiger partial charge >= 0.3 is 0 Å². The molecule has 1 N–H and O–H groups in total. The van der Waals surface area contributed by atoms with E-state index >= 15 is 0 Å². The number of rotatable bonds is 2. The molecule has 0 bridgehead atoms. The van der Waals surface area contributed by atoms with E-state index in [9.17, 15) is 4.79 Å². The van der Waals surface area contributed by atoms with E-state index in [1.54, 1.807) is 10.7 Å². The van der Waals surface area contributed by atoms with Gasteiger partial charge in [0, 0.05) is 50.4 Å². The van der Waals surface area contributed by atoms with Gasteiger partial charge in [0.15, 0.2) is 11.5 Å². The fraction of sp³-hybridized carbons (Fsp3) is 0.333. The van der Waals surface area contributed by atoms with Crippen molar-refractivity contribution in [3.05, 3.63) is 30.2 Å². The monoisotopic (exact) mass is 311 g/mol. The molecule has 0 unspecified atom stereocenters. The number of piperazine rings is 1. The maximum absolute atomic E-state index is 11.7. The topological polar surface area (TPSA) is 80.4 Å². The number of anilines is 1. The highest BCUT2D eigenvalue weighted by Gasteiger charge is 2.21. The highest BCUT2D eigenvalue weighted by molar-refractivity contribution is 5.82. The minimum absolute atomic E-state index is 0.0235. The first-order chi connectivity index (χ1) is 11.1. The Bertz CT molecular complexity index is 895. The van der Waals surface area contributed by atoms with Gasteiger partial charge in [-0.1, -0.05) is 0 Å². The van der Waals surface area contributed by atoms with Crippen LogP contribution in [0, 0.1) is 6.92 Å². The molecule has 1 fully saturated rings. The SMILES string of the molecule is Cc1cc(N2CCNC(=O)C2)n2nc(-c3nccn3C)cc2n1. The molecule has 8 nitrogen and oxygen atoms in total. The van der Waals surface area contributed by atoms with Crippen molar-refractivity contribution in [1.82, 2.24) is 29.5 Å². The minimum atomic E-state index is 0.0235. The second kappa shape index (κ2) is 5.08. The molecule has 0 saturated carbocycles. The van der Waals surface area contributed by atoms with Crippen molar-refractivity contribution >= 4 is 17.4 Å². The van der Waals surface area contributed by atoms with Crippen LogP contribution in [0.25, 0.3) is 17.2 Å². The Labute approximate surface area is 132 Å². The van der Waals surface area contributed by atoms with Crippen molar-refractivity contribution in [2.45, 2.75) is 6.92 Å². The smallest absolute Gasteiger partial charge is 0.239 e. The van der Waals surface area contributed by atoms with Gasteiger partial charge in [-0.2, -0.15) is 9.61 Å². The largest absolute Gasteiger partial charge is 0.353 e. The normalized spacial score (nSPS) is 15.2. The molecule has 0 spiro atoms. The van der Waals surface area contributed by atoms with Gasteiger partial charge < -0.3 is 14.8 Å². The number of aryl methyl sites for hydroxylation is 2. The molecular weight excluding hydrogens is 294 g/mol. The Kier molecular flexibility index (Phi) is 3.03. The second-order valence-electron chi connectivity index (χ2n) is 5.69. The van der Waals surface area contributed by atoms with E-state index in [2.05, 4.69) is 20.4 Å². The van der Waals surface area contributed by atoms with E-state index < -0.39 is 0 Å². The molecule has 1 aliphatic heterocycles. The summed E-state index contributed by atoms with van der Waals surface area (Å²) in [6.07, 6.45) is 3.63. The summed E-state index contributed by atoms with van der Waals surface area (Å²) in [4.78, 5) is 22.6. The lowest BCUT2D eigenvalue weighted by atomic mass is 10.3. The van der Waals surface area contributed by atoms with Crippen LogP contribution in [0.15, 0.2) is 24.5 Å². The van der Waals surface area contributed by atoms with Gasteiger partial charge in [0.25, 0.3) is 0 Å². The average Bonchev–Trinajstić information content (AvgIpc) is 3.11. The molecule has 0 radical (unpaired) electrons. The van der Waals surface area contributed by atoms with Gasteiger partial charge in [0.05, 0.1) is 6.54 Å². The first kappa shape index (κ1) is 13.7. The fourth-order valence-corrected chi connectivity index (χ4v) is 2.86. The number of aromatic nitrogens is 5. The summed E-state index contributed by atoms with van der Waals surface area (Å²) in [5.74, 6) is 1.69. The van der Waals surface area contributed by atoms with Crippen LogP contribution in [-0.4, -0.2) is 49.7 Å². The number of nitrogens with zero attached hydrogens (tertiary/aromatic N) is 6. The summed E-state index contributed by atoms with van der Waals surface area (Å²) in [5, 5.41) is 7.50. The molecular formula is C15H17N7O. The van der Waals surface area contributed by atoms with E-state index in [0.29, 0.717) is 13.1 Å². The van der Waals surface area contributed by atoms with Crippen LogP contribution in [0.1, 0.15) is 5.69 Å². The molecule has 1 amide bonds. The van der Waals surface area contributed by atoms with Crippen molar-refractivity contribution in [1.29, 1.82) is 0 Å². The average molecular weight is 311 g/mol. The zero-order valence-corrected chi connectivity index (χ0v) is 13.0. The fourth-order valence-electron chi connectivity index (χ4n) is 2.86. The standard InChI is InChI=1S/C15H17N7O/c1-10-7-14(21-6-4-16-13(23)9-21)22-12(18-10)8-11(19-22)15-17-3-5-20(15)2/h3,5,7-8H,4,6,9H2,1-2H3,(H,16,23). The number of nitrogens with one attached hydrogen (secondary N) is 1. The third-order valence-corrected chi connectivity index (χ3v) is 3.95. The molecule has 1 saturated heterocycles. The van der Waals surface area contributed by atoms with Gasteiger partial charge in [-0.15, -0.1) is 0 Å². The number of fused-ring (bicyclic) bond motifs is 1. The molecule has 3 aromatic heterocycles. The quantitative estimate of drug-likeness (QED) is 0.740. The summed E-state index contributed by atoms with van der Waals surface area (Å²) in [7, 11) is 1.93. The van der Waals surface area contributed by atoms with E-state index in [1.807, 2.05) is 41.8 Å². The van der Waals surface area contributed by atoms with E-state index in [0.717, 1.165) is 35.2 Å². The number of amides is 1. The van der Waals surface area contributed by atoms with Crippen LogP contribution in [0.4, 0.5) is 5.82 Å². The Morgan fingerprint density at radius 3 is 2.91 bits per heavy atom. The van der Waals surface area contributed by atoms with Crippen LogP contribution < -0.4 is 10.2 Å². The molecule has 118 valence electrons. The number of imidazole rings is 1. The lowest BCUT2D eigenvalue weighted by molar-refractivity contribution is -0.120. The lowest BCUT2D eigenvalue weighted by Gasteiger charge is -2.28. The van der Waals surface area contributed by atoms with Crippen LogP contribution in [0.2, 0.25) is 0 Å². The summed E-state index contributed by atoms with van der Waals surface area (Å²) in [6.45, 7) is 3.66. The summed E-state index contributed by atoms with van der Waals surface area (Å²) in [5.41, 5.74) is 2.41. The van der Waals surface area contributed by atoms with Gasteiger partial charge in [-0.25, -0.2) is 9.97 Å². The minimum Gasteiger partial charge on any atom is -0.353 e. The maximum Gasteiger partial charge on any atom is 0.239 e. The third-order valence-electron chi connectivity index (χ3n) is 3.95. The Balaban J connectivity index is 1.86. The Morgan fingerprint density at radius 2 is 2.17 bits per heavy atom. The first-order valence-electron chi connectivity index (χ1n) is 7.48. The summed E-state index contributed by atoms with van der Waals surface area (Å²) < 4.78 is 3.71. The highest BCUT2D eigenvalue weighted by Crippen LogP contribution is 2.22. The Morgan fingerprint density at radius 1 is 1.30 bits per heavy atom. The zero-order valence-electron chi connectivity index (χ0n) is 13.0. The third kappa shape index (κ3) is 2.32. The van der Waals surface area contributed by atoms with Crippen molar-refractivity contribution in [3.8, 4) is 11.5 Å². The van der Waals surface area contributed by atoms with Gasteiger partial charge in [-0.3, -0.25) is 4.79 Å². The molecule has 8 heteroatoms. The molecule has 23 heavy (non-hydrogen) atoms. The van der Waals surface area contributed by atoms with Crippen molar-refractivity contribution < 1.29 is 4.79 Å². The van der Waals surface area contributed by atoms with Gasteiger partial charge in [0.2, 0.25) is 5.91 Å². The number of hydrogen-bond donors (Lipinski definition) is 1. The molecule has 0 aliphatic carbocycles. The number of carbonyl (C=O) groups is 1. The molecule has 3 aromatic rings.